The number of anilines is 1. The van der Waals surface area contributed by atoms with Crippen LogP contribution < -0.4 is 11.1 Å². The van der Waals surface area contributed by atoms with Gasteiger partial charge in [0.05, 0.1) is 17.2 Å². The van der Waals surface area contributed by atoms with Crippen molar-refractivity contribution in [2.75, 3.05) is 11.9 Å². The van der Waals surface area contributed by atoms with Crippen molar-refractivity contribution in [3.63, 3.8) is 0 Å². The predicted molar refractivity (Wildman–Crippen MR) is 87.4 cm³/mol. The summed E-state index contributed by atoms with van der Waals surface area (Å²) < 4.78 is 12.9. The van der Waals surface area contributed by atoms with Crippen molar-refractivity contribution >= 4 is 23.2 Å². The molecule has 0 aliphatic carbocycles. The van der Waals surface area contributed by atoms with E-state index in [1.807, 2.05) is 0 Å². The van der Waals surface area contributed by atoms with E-state index in [9.17, 15) is 9.18 Å². The maximum atomic E-state index is 12.9. The summed E-state index contributed by atoms with van der Waals surface area (Å²) in [6.07, 6.45) is 0.380. The van der Waals surface area contributed by atoms with Crippen LogP contribution in [0.1, 0.15) is 11.1 Å². The number of hydrogen-bond acceptors (Lipinski definition) is 3. The molecule has 0 saturated carbocycles. The largest absolute Gasteiger partial charge is 0.383 e. The van der Waals surface area contributed by atoms with E-state index in [0.29, 0.717) is 22.7 Å². The summed E-state index contributed by atoms with van der Waals surface area (Å²) in [5.74, 6) is -1.30. The number of primary amides is 1. The topological polar surface area (TPSA) is 78.9 Å². The van der Waals surface area contributed by atoms with Crippen LogP contribution in [0.3, 0.4) is 0 Å². The predicted octanol–water partition coefficient (Wildman–Crippen LogP) is 3.11. The summed E-state index contributed by atoms with van der Waals surface area (Å²) >= 11 is 5.92. The highest BCUT2D eigenvalue weighted by Gasteiger charge is 2.17. The van der Waals surface area contributed by atoms with E-state index in [1.54, 1.807) is 30.3 Å². The fourth-order valence-electron chi connectivity index (χ4n) is 2.17. The van der Waals surface area contributed by atoms with Crippen molar-refractivity contribution in [1.82, 2.24) is 0 Å². The average molecular weight is 332 g/mol. The molecule has 0 aromatic heterocycles. The molecule has 0 heterocycles. The van der Waals surface area contributed by atoms with Gasteiger partial charge in [0.2, 0.25) is 5.91 Å². The fraction of sp³-hybridized carbons (Fsp3) is 0.176. The highest BCUT2D eigenvalue weighted by atomic mass is 35.5. The quantitative estimate of drug-likeness (QED) is 0.853. The second-order valence-electron chi connectivity index (χ2n) is 5.11. The van der Waals surface area contributed by atoms with Crippen molar-refractivity contribution in [2.24, 2.45) is 11.7 Å². The number of benzene rings is 2. The van der Waals surface area contributed by atoms with Crippen LogP contribution >= 0.6 is 11.6 Å². The minimum atomic E-state index is -0.494. The molecule has 0 saturated heterocycles. The monoisotopic (exact) mass is 331 g/mol. The summed E-state index contributed by atoms with van der Waals surface area (Å²) in [6.45, 7) is 0.252. The number of hydrogen-bond donors (Lipinski definition) is 2. The number of carbonyl (C=O) groups excluding carboxylic acids is 1. The van der Waals surface area contributed by atoms with Crippen LogP contribution in [0.5, 0.6) is 0 Å². The van der Waals surface area contributed by atoms with Crippen LogP contribution in [-0.2, 0) is 11.2 Å². The van der Waals surface area contributed by atoms with Gasteiger partial charge in [-0.2, -0.15) is 5.26 Å². The zero-order valence-electron chi connectivity index (χ0n) is 12.2. The van der Waals surface area contributed by atoms with E-state index in [2.05, 4.69) is 11.4 Å². The van der Waals surface area contributed by atoms with Crippen molar-refractivity contribution in [3.8, 4) is 6.07 Å². The number of nitrogens with two attached hydrogens (primary N) is 1. The molecule has 3 N–H and O–H groups in total. The summed E-state index contributed by atoms with van der Waals surface area (Å²) in [6, 6.07) is 12.8. The van der Waals surface area contributed by atoms with Crippen LogP contribution in [0.2, 0.25) is 5.02 Å². The van der Waals surface area contributed by atoms with Crippen LogP contribution in [0.4, 0.5) is 10.1 Å². The minimum absolute atomic E-state index is 0.252. The van der Waals surface area contributed by atoms with Gasteiger partial charge in [0.1, 0.15) is 11.9 Å². The summed E-state index contributed by atoms with van der Waals surface area (Å²) in [7, 11) is 0. The van der Waals surface area contributed by atoms with Crippen molar-refractivity contribution < 1.29 is 9.18 Å². The molecule has 6 heteroatoms. The molecule has 0 fully saturated rings. The Labute approximate surface area is 138 Å². The minimum Gasteiger partial charge on any atom is -0.383 e. The van der Waals surface area contributed by atoms with Gasteiger partial charge in [-0.05, 0) is 42.3 Å². The first-order valence-electron chi connectivity index (χ1n) is 6.97. The number of halogens is 2. The van der Waals surface area contributed by atoms with Crippen LogP contribution in [0.15, 0.2) is 42.5 Å². The smallest absolute Gasteiger partial charge is 0.222 e. The second-order valence-corrected chi connectivity index (χ2v) is 5.55. The molecular weight excluding hydrogens is 317 g/mol. The van der Waals surface area contributed by atoms with E-state index in [-0.39, 0.29) is 12.4 Å². The number of nitriles is 1. The van der Waals surface area contributed by atoms with Gasteiger partial charge in [0, 0.05) is 11.6 Å². The first-order chi connectivity index (χ1) is 11.0. The SMILES string of the molecule is N#Cc1ccc(Cl)cc1NCC(Cc1ccc(F)cc1)C(N)=O. The van der Waals surface area contributed by atoms with Gasteiger partial charge in [0.25, 0.3) is 0 Å². The van der Waals surface area contributed by atoms with E-state index in [0.717, 1.165) is 5.56 Å². The zero-order chi connectivity index (χ0) is 16.8. The Balaban J connectivity index is 2.09. The van der Waals surface area contributed by atoms with Crippen molar-refractivity contribution in [2.45, 2.75) is 6.42 Å². The lowest BCUT2D eigenvalue weighted by Crippen LogP contribution is -2.31. The Morgan fingerprint density at radius 1 is 1.30 bits per heavy atom. The Morgan fingerprint density at radius 2 is 2.00 bits per heavy atom. The number of carbonyl (C=O) groups is 1. The lowest BCUT2D eigenvalue weighted by Gasteiger charge is -2.16. The zero-order valence-corrected chi connectivity index (χ0v) is 13.0. The Bertz CT molecular complexity index is 740. The third-order valence-corrected chi connectivity index (χ3v) is 3.67. The Hall–Kier alpha value is -2.58. The molecule has 0 spiro atoms. The van der Waals surface area contributed by atoms with E-state index >= 15 is 0 Å². The molecule has 0 aliphatic rings. The van der Waals surface area contributed by atoms with Gasteiger partial charge < -0.3 is 11.1 Å². The molecule has 0 bridgehead atoms. The van der Waals surface area contributed by atoms with E-state index in [4.69, 9.17) is 22.6 Å². The van der Waals surface area contributed by atoms with Gasteiger partial charge in [0.15, 0.2) is 0 Å². The third-order valence-electron chi connectivity index (χ3n) is 3.44. The number of amides is 1. The van der Waals surface area contributed by atoms with Crippen LogP contribution in [-0.4, -0.2) is 12.5 Å². The molecule has 0 aliphatic heterocycles. The highest BCUT2D eigenvalue weighted by Crippen LogP contribution is 2.21. The van der Waals surface area contributed by atoms with Gasteiger partial charge in [-0.1, -0.05) is 23.7 Å². The number of nitrogens with one attached hydrogen (secondary N) is 1. The molecule has 2 aromatic rings. The van der Waals surface area contributed by atoms with E-state index in [1.165, 1.54) is 12.1 Å². The summed E-state index contributed by atoms with van der Waals surface area (Å²) in [4.78, 5) is 11.6. The van der Waals surface area contributed by atoms with Gasteiger partial charge in [-0.25, -0.2) is 4.39 Å². The maximum Gasteiger partial charge on any atom is 0.222 e. The lowest BCUT2D eigenvalue weighted by atomic mass is 9.98. The fourth-order valence-corrected chi connectivity index (χ4v) is 2.34. The molecule has 0 radical (unpaired) electrons. The molecule has 2 aromatic carbocycles. The van der Waals surface area contributed by atoms with Crippen LogP contribution in [0.25, 0.3) is 0 Å². The standard InChI is InChI=1S/C17H15ClFN3O/c18-14-4-3-12(9-20)16(8-14)22-10-13(17(21)23)7-11-1-5-15(19)6-2-11/h1-6,8,13,22H,7,10H2,(H2,21,23). The highest BCUT2D eigenvalue weighted by molar-refractivity contribution is 6.30. The Morgan fingerprint density at radius 3 is 2.61 bits per heavy atom. The molecule has 1 atom stereocenters. The second kappa shape index (κ2) is 7.61. The molecule has 1 amide bonds. The van der Waals surface area contributed by atoms with Gasteiger partial charge in [-0.15, -0.1) is 0 Å². The third kappa shape index (κ3) is 4.70. The van der Waals surface area contributed by atoms with Gasteiger partial charge in [-0.3, -0.25) is 4.79 Å². The normalized spacial score (nSPS) is 11.5. The molecule has 1 unspecified atom stereocenters. The number of nitrogens with zero attached hydrogens (tertiary/aromatic N) is 1. The average Bonchev–Trinajstić information content (AvgIpc) is 2.53. The van der Waals surface area contributed by atoms with E-state index < -0.39 is 11.8 Å². The van der Waals surface area contributed by atoms with Crippen LogP contribution in [0, 0.1) is 23.1 Å². The maximum absolute atomic E-state index is 12.9. The molecule has 2 rings (SSSR count). The summed E-state index contributed by atoms with van der Waals surface area (Å²) in [5, 5.41) is 12.6. The van der Waals surface area contributed by atoms with Crippen molar-refractivity contribution in [3.05, 3.63) is 64.4 Å². The first kappa shape index (κ1) is 16.8. The first-order valence-corrected chi connectivity index (χ1v) is 7.34. The number of rotatable bonds is 6. The molecule has 4 nitrogen and oxygen atoms in total. The molecule has 118 valence electrons. The summed E-state index contributed by atoms with van der Waals surface area (Å²) in [5.41, 5.74) is 7.22. The molecule has 23 heavy (non-hydrogen) atoms. The van der Waals surface area contributed by atoms with Gasteiger partial charge >= 0.3 is 0 Å². The molecular formula is C17H15ClFN3O. The van der Waals surface area contributed by atoms with Crippen molar-refractivity contribution in [1.29, 1.82) is 5.26 Å². The Kier molecular flexibility index (Phi) is 5.56. The lowest BCUT2D eigenvalue weighted by molar-refractivity contribution is -0.121.